The van der Waals surface area contributed by atoms with Crippen LogP contribution in [0.4, 0.5) is 0 Å². The van der Waals surface area contributed by atoms with Gasteiger partial charge in [0, 0.05) is 0 Å². The summed E-state index contributed by atoms with van der Waals surface area (Å²) < 4.78 is 0. The molecular weight excluding hydrogens is 1030 g/mol. The van der Waals surface area contributed by atoms with Crippen LogP contribution in [0.15, 0.2) is 328 Å². The second kappa shape index (κ2) is 20.3. The maximum absolute atomic E-state index is 2.44. The van der Waals surface area contributed by atoms with E-state index in [1.165, 1.54) is 147 Å². The fourth-order valence-electron chi connectivity index (χ4n) is 14.1. The van der Waals surface area contributed by atoms with Crippen LogP contribution in [-0.4, -0.2) is 0 Å². The SMILES string of the molecule is c1ccc2c(c1)cc(-c1ccc(-c3cc(-c4ccc(-c5cc6ccccc6c6ccccc56)cc4)c(-c4ccc(-c5cc6ccccc6c6ccccc56)cc4)c(-c4ccc(-c5cc6ccccc6c6ccccc56)cc4)c3)cc1)c1ccccc12. The van der Waals surface area contributed by atoms with Gasteiger partial charge in [0.25, 0.3) is 0 Å². The number of benzene rings is 17. The van der Waals surface area contributed by atoms with E-state index in [4.69, 9.17) is 0 Å². The molecule has 0 saturated carbocycles. The van der Waals surface area contributed by atoms with Gasteiger partial charge in [0.05, 0.1) is 0 Å². The first kappa shape index (κ1) is 49.4. The van der Waals surface area contributed by atoms with Crippen LogP contribution in [0.25, 0.3) is 175 Å². The van der Waals surface area contributed by atoms with E-state index in [9.17, 15) is 0 Å². The summed E-state index contributed by atoms with van der Waals surface area (Å²) in [5.41, 5.74) is 19.0. The van der Waals surface area contributed by atoms with Crippen molar-refractivity contribution in [1.29, 1.82) is 0 Å². The number of hydrogen-bond donors (Lipinski definition) is 0. The van der Waals surface area contributed by atoms with Gasteiger partial charge >= 0.3 is 0 Å². The van der Waals surface area contributed by atoms with Crippen molar-refractivity contribution in [2.75, 3.05) is 0 Å². The molecule has 0 fully saturated rings. The van der Waals surface area contributed by atoms with Gasteiger partial charge in [-0.25, -0.2) is 0 Å². The molecule has 0 spiro atoms. The van der Waals surface area contributed by atoms with Crippen molar-refractivity contribution in [2.45, 2.75) is 0 Å². The summed E-state index contributed by atoms with van der Waals surface area (Å²) in [5.74, 6) is 0. The van der Waals surface area contributed by atoms with Crippen molar-refractivity contribution in [3.8, 4) is 89.0 Å². The molecule has 0 aromatic heterocycles. The van der Waals surface area contributed by atoms with Crippen LogP contribution < -0.4 is 0 Å². The Morgan fingerprint density at radius 3 is 0.581 bits per heavy atom. The van der Waals surface area contributed by atoms with Crippen molar-refractivity contribution >= 4 is 86.2 Å². The zero-order valence-electron chi connectivity index (χ0n) is 47.2. The molecule has 0 amide bonds. The van der Waals surface area contributed by atoms with Crippen LogP contribution in [-0.2, 0) is 0 Å². The molecule has 0 aliphatic carbocycles. The minimum absolute atomic E-state index is 1.15. The average Bonchev–Trinajstić information content (AvgIpc) is 1.98. The lowest BCUT2D eigenvalue weighted by Gasteiger charge is -2.20. The molecule has 0 nitrogen and oxygen atoms in total. The van der Waals surface area contributed by atoms with Gasteiger partial charge < -0.3 is 0 Å². The Kier molecular flexibility index (Phi) is 11.7. The predicted octanol–water partition coefficient (Wildman–Crippen LogP) is 24.2. The van der Waals surface area contributed by atoms with E-state index in [-0.39, 0.29) is 0 Å². The van der Waals surface area contributed by atoms with E-state index in [2.05, 4.69) is 328 Å². The zero-order chi connectivity index (χ0) is 56.7. The molecule has 17 aromatic rings. The van der Waals surface area contributed by atoms with Crippen LogP contribution in [0.3, 0.4) is 0 Å². The molecule has 0 heteroatoms. The van der Waals surface area contributed by atoms with E-state index in [1.807, 2.05) is 0 Å². The van der Waals surface area contributed by atoms with E-state index >= 15 is 0 Å². The lowest BCUT2D eigenvalue weighted by molar-refractivity contribution is 1.54. The molecule has 0 bridgehead atoms. The quantitative estimate of drug-likeness (QED) is 0.133. The number of rotatable bonds is 8. The van der Waals surface area contributed by atoms with Crippen LogP contribution >= 0.6 is 0 Å². The Hall–Kier alpha value is -11.2. The Bertz CT molecular complexity index is 5350. The van der Waals surface area contributed by atoms with Crippen LogP contribution in [0.1, 0.15) is 0 Å². The first-order chi connectivity index (χ1) is 42.6. The molecule has 0 unspecified atom stereocenters. The Morgan fingerprint density at radius 1 is 0.116 bits per heavy atom. The molecule has 0 aliphatic rings. The molecule has 0 heterocycles. The van der Waals surface area contributed by atoms with Gasteiger partial charge in [-0.05, 0) is 212 Å². The van der Waals surface area contributed by atoms with Gasteiger partial charge in [-0.1, -0.05) is 291 Å². The third kappa shape index (κ3) is 8.29. The molecule has 0 saturated heterocycles. The second-order valence-electron chi connectivity index (χ2n) is 23.0. The summed E-state index contributed by atoms with van der Waals surface area (Å²) in [4.78, 5) is 0. The van der Waals surface area contributed by atoms with Gasteiger partial charge in [-0.15, -0.1) is 0 Å². The summed E-state index contributed by atoms with van der Waals surface area (Å²) in [6.07, 6.45) is 0. The summed E-state index contributed by atoms with van der Waals surface area (Å²) in [6, 6.07) is 122. The van der Waals surface area contributed by atoms with Gasteiger partial charge in [0.15, 0.2) is 0 Å². The average molecular weight is 1090 g/mol. The van der Waals surface area contributed by atoms with Crippen LogP contribution in [0.2, 0.25) is 0 Å². The fourth-order valence-corrected chi connectivity index (χ4v) is 14.1. The van der Waals surface area contributed by atoms with Crippen molar-refractivity contribution in [1.82, 2.24) is 0 Å². The Labute approximate surface area is 499 Å². The van der Waals surface area contributed by atoms with Crippen molar-refractivity contribution in [3.63, 3.8) is 0 Å². The summed E-state index contributed by atoms with van der Waals surface area (Å²) in [7, 11) is 0. The summed E-state index contributed by atoms with van der Waals surface area (Å²) in [5, 5.41) is 20.1. The van der Waals surface area contributed by atoms with Gasteiger partial charge in [-0.3, -0.25) is 0 Å². The maximum Gasteiger partial charge on any atom is -0.00264 e. The summed E-state index contributed by atoms with van der Waals surface area (Å²) in [6.45, 7) is 0. The van der Waals surface area contributed by atoms with Gasteiger partial charge in [-0.2, -0.15) is 0 Å². The minimum Gasteiger partial charge on any atom is -0.0616 e. The van der Waals surface area contributed by atoms with E-state index < -0.39 is 0 Å². The highest BCUT2D eigenvalue weighted by molar-refractivity contribution is 6.17. The fraction of sp³-hybridized carbons (Fsp3) is 0. The molecule has 17 rings (SSSR count). The highest BCUT2D eigenvalue weighted by Crippen LogP contribution is 2.47. The van der Waals surface area contributed by atoms with Crippen LogP contribution in [0.5, 0.6) is 0 Å². The van der Waals surface area contributed by atoms with Crippen LogP contribution in [0, 0.1) is 0 Å². The molecule has 17 aromatic carbocycles. The number of hydrogen-bond acceptors (Lipinski definition) is 0. The largest absolute Gasteiger partial charge is 0.0616 e. The number of fused-ring (bicyclic) bond motifs is 12. The Morgan fingerprint density at radius 2 is 0.314 bits per heavy atom. The Balaban J connectivity index is 0.875. The van der Waals surface area contributed by atoms with E-state index in [0.29, 0.717) is 0 Å². The topological polar surface area (TPSA) is 0 Å². The van der Waals surface area contributed by atoms with Crippen molar-refractivity contribution < 1.29 is 0 Å². The normalized spacial score (nSPS) is 11.7. The molecule has 86 heavy (non-hydrogen) atoms. The summed E-state index contributed by atoms with van der Waals surface area (Å²) >= 11 is 0. The van der Waals surface area contributed by atoms with Crippen molar-refractivity contribution in [2.24, 2.45) is 0 Å². The highest BCUT2D eigenvalue weighted by Gasteiger charge is 2.21. The molecular formula is C86H54. The standard InChI is InChI=1S/C86H54/c1-5-21-68-63(17-1)49-80(76-29-13-9-25-72(68)76)56-35-33-55(34-36-56)67-53-84(60-41-37-57(38-42-60)81-50-64-18-2-6-22-69(64)73-26-10-14-30-77(73)81)86(62-47-45-59(46-48-62)83-52-66-20-4-8-24-71(66)75-28-12-16-32-79(75)83)85(54-67)61-43-39-58(40-44-61)82-51-65-19-3-7-23-70(65)74-27-11-15-31-78(74)82/h1-54H. The van der Waals surface area contributed by atoms with E-state index in [0.717, 1.165) is 27.8 Å². The lowest BCUT2D eigenvalue weighted by Crippen LogP contribution is -1.94. The van der Waals surface area contributed by atoms with Gasteiger partial charge in [0.2, 0.25) is 0 Å². The second-order valence-corrected chi connectivity index (χ2v) is 23.0. The smallest absolute Gasteiger partial charge is 0.00264 e. The third-order valence-electron chi connectivity index (χ3n) is 18.2. The first-order valence-corrected chi connectivity index (χ1v) is 29.9. The highest BCUT2D eigenvalue weighted by atomic mass is 14.2. The third-order valence-corrected chi connectivity index (χ3v) is 18.2. The maximum atomic E-state index is 2.44. The van der Waals surface area contributed by atoms with Crippen molar-refractivity contribution in [3.05, 3.63) is 328 Å². The molecule has 0 aliphatic heterocycles. The zero-order valence-corrected chi connectivity index (χ0v) is 47.2. The first-order valence-electron chi connectivity index (χ1n) is 29.9. The molecule has 0 N–H and O–H groups in total. The molecule has 0 radical (unpaired) electrons. The molecule has 398 valence electrons. The van der Waals surface area contributed by atoms with E-state index in [1.54, 1.807) is 0 Å². The lowest BCUT2D eigenvalue weighted by atomic mass is 9.83. The molecule has 0 atom stereocenters. The minimum atomic E-state index is 1.15. The monoisotopic (exact) mass is 1090 g/mol. The predicted molar refractivity (Wildman–Crippen MR) is 370 cm³/mol. The van der Waals surface area contributed by atoms with Gasteiger partial charge in [0.1, 0.15) is 0 Å².